The third-order valence-electron chi connectivity index (χ3n) is 5.53. The van der Waals surface area contributed by atoms with Crippen LogP contribution in [0.5, 0.6) is 11.5 Å². The third-order valence-corrected chi connectivity index (χ3v) is 5.53. The highest BCUT2D eigenvalue weighted by atomic mass is 16.5. The van der Waals surface area contributed by atoms with E-state index in [1.54, 1.807) is 37.3 Å². The van der Waals surface area contributed by atoms with Gasteiger partial charge in [0.2, 0.25) is 5.91 Å². The van der Waals surface area contributed by atoms with Gasteiger partial charge < -0.3 is 24.3 Å². The first-order valence-corrected chi connectivity index (χ1v) is 10.6. The average Bonchev–Trinajstić information content (AvgIpc) is 2.78. The number of morpholine rings is 1. The minimum atomic E-state index is -0.584. The molecule has 2 aromatic carbocycles. The number of benzene rings is 2. The number of anilines is 1. The largest absolute Gasteiger partial charge is 0.508 e. The van der Waals surface area contributed by atoms with Gasteiger partial charge in [0.1, 0.15) is 23.7 Å². The van der Waals surface area contributed by atoms with Crippen LogP contribution in [0.1, 0.15) is 11.1 Å². The van der Waals surface area contributed by atoms with Gasteiger partial charge >= 0.3 is 5.63 Å². The molecule has 0 radical (unpaired) electrons. The highest BCUT2D eigenvalue weighted by Crippen LogP contribution is 2.24. The van der Waals surface area contributed by atoms with E-state index in [1.807, 2.05) is 0 Å². The van der Waals surface area contributed by atoms with Crippen LogP contribution in [0.2, 0.25) is 0 Å². The number of hydrogen-bond acceptors (Lipinski definition) is 7. The lowest BCUT2D eigenvalue weighted by molar-refractivity contribution is -0.115. The predicted molar refractivity (Wildman–Crippen MR) is 120 cm³/mol. The second-order valence-corrected chi connectivity index (χ2v) is 7.73. The van der Waals surface area contributed by atoms with E-state index in [4.69, 9.17) is 13.9 Å². The number of aromatic hydroxyl groups is 1. The number of phenols is 1. The van der Waals surface area contributed by atoms with Gasteiger partial charge in [0, 0.05) is 36.8 Å². The molecular weight excluding hydrogens is 412 g/mol. The summed E-state index contributed by atoms with van der Waals surface area (Å²) in [5.74, 6) is 0.420. The molecule has 0 unspecified atom stereocenters. The fourth-order valence-corrected chi connectivity index (χ4v) is 3.70. The molecule has 168 valence electrons. The molecule has 0 atom stereocenters. The predicted octanol–water partition coefficient (Wildman–Crippen LogP) is 2.70. The number of amides is 1. The van der Waals surface area contributed by atoms with Crippen molar-refractivity contribution in [3.63, 3.8) is 0 Å². The van der Waals surface area contributed by atoms with E-state index in [2.05, 4.69) is 10.2 Å². The number of nitrogens with one attached hydrogen (secondary N) is 1. The van der Waals surface area contributed by atoms with E-state index in [9.17, 15) is 14.7 Å². The quantitative estimate of drug-likeness (QED) is 0.547. The fourth-order valence-electron chi connectivity index (χ4n) is 3.70. The van der Waals surface area contributed by atoms with Crippen molar-refractivity contribution in [3.8, 4) is 11.5 Å². The molecule has 1 saturated heterocycles. The third kappa shape index (κ3) is 5.27. The Kier molecular flexibility index (Phi) is 6.72. The summed E-state index contributed by atoms with van der Waals surface area (Å²) in [6, 6.07) is 11.7. The molecule has 8 heteroatoms. The molecule has 0 bridgehead atoms. The van der Waals surface area contributed by atoms with E-state index >= 15 is 0 Å². The summed E-state index contributed by atoms with van der Waals surface area (Å²) in [4.78, 5) is 27.2. The van der Waals surface area contributed by atoms with E-state index in [-0.39, 0.29) is 18.1 Å². The zero-order valence-corrected chi connectivity index (χ0v) is 17.9. The van der Waals surface area contributed by atoms with Gasteiger partial charge in [-0.15, -0.1) is 0 Å². The van der Waals surface area contributed by atoms with Crippen LogP contribution >= 0.6 is 0 Å². The van der Waals surface area contributed by atoms with Gasteiger partial charge in [0.25, 0.3) is 0 Å². The molecule has 32 heavy (non-hydrogen) atoms. The van der Waals surface area contributed by atoms with Crippen LogP contribution in [0.15, 0.2) is 51.7 Å². The number of hydrogen-bond donors (Lipinski definition) is 2. The van der Waals surface area contributed by atoms with E-state index in [1.165, 1.54) is 12.1 Å². The zero-order valence-electron chi connectivity index (χ0n) is 17.9. The second-order valence-electron chi connectivity index (χ2n) is 7.73. The highest BCUT2D eigenvalue weighted by Gasteiger charge is 2.16. The molecule has 1 fully saturated rings. The van der Waals surface area contributed by atoms with Crippen molar-refractivity contribution in [1.29, 1.82) is 0 Å². The van der Waals surface area contributed by atoms with Crippen molar-refractivity contribution >= 4 is 22.6 Å². The molecule has 1 aliphatic rings. The number of ether oxygens (including phenoxy) is 2. The Hall–Kier alpha value is -3.36. The van der Waals surface area contributed by atoms with Crippen molar-refractivity contribution < 1.29 is 23.8 Å². The van der Waals surface area contributed by atoms with Crippen molar-refractivity contribution in [2.45, 2.75) is 13.3 Å². The Labute approximate surface area is 185 Å². The number of carbonyl (C=O) groups excluding carboxylic acids is 1. The summed E-state index contributed by atoms with van der Waals surface area (Å²) in [5.41, 5.74) is 1.28. The molecular formula is C24H26N2O6. The molecule has 2 heterocycles. The van der Waals surface area contributed by atoms with Gasteiger partial charge in [0.15, 0.2) is 0 Å². The number of aryl methyl sites for hydroxylation is 1. The Balaban J connectivity index is 1.34. The first-order valence-electron chi connectivity index (χ1n) is 10.6. The van der Waals surface area contributed by atoms with Crippen LogP contribution in [0.4, 0.5) is 5.69 Å². The minimum Gasteiger partial charge on any atom is -0.508 e. The first-order chi connectivity index (χ1) is 15.5. The van der Waals surface area contributed by atoms with Crippen molar-refractivity contribution in [1.82, 2.24) is 4.90 Å². The van der Waals surface area contributed by atoms with Crippen molar-refractivity contribution in [2.75, 3.05) is 44.8 Å². The Morgan fingerprint density at radius 3 is 2.66 bits per heavy atom. The summed E-state index contributed by atoms with van der Waals surface area (Å²) in [5, 5.41) is 13.1. The number of carbonyl (C=O) groups is 1. The SMILES string of the molecule is Cc1c(CC(=O)Nc2ccc(OCCN3CCOCC3)cc2)c(=O)oc2cc(O)ccc12. The van der Waals surface area contributed by atoms with Gasteiger partial charge in [0.05, 0.1) is 25.2 Å². The Morgan fingerprint density at radius 2 is 1.91 bits per heavy atom. The lowest BCUT2D eigenvalue weighted by Crippen LogP contribution is -2.38. The van der Waals surface area contributed by atoms with Gasteiger partial charge in [-0.25, -0.2) is 4.79 Å². The van der Waals surface area contributed by atoms with Crippen LogP contribution in [0.3, 0.4) is 0 Å². The lowest BCUT2D eigenvalue weighted by Gasteiger charge is -2.26. The van der Waals surface area contributed by atoms with Crippen LogP contribution < -0.4 is 15.7 Å². The molecule has 1 amide bonds. The smallest absolute Gasteiger partial charge is 0.340 e. The molecule has 3 aromatic rings. The molecule has 0 saturated carbocycles. The Bertz CT molecular complexity index is 1150. The lowest BCUT2D eigenvalue weighted by atomic mass is 10.0. The van der Waals surface area contributed by atoms with Crippen LogP contribution in [-0.4, -0.2) is 55.4 Å². The highest BCUT2D eigenvalue weighted by molar-refractivity contribution is 5.93. The molecule has 0 spiro atoms. The van der Waals surface area contributed by atoms with E-state index in [0.717, 1.165) is 38.6 Å². The van der Waals surface area contributed by atoms with Crippen molar-refractivity contribution in [2.24, 2.45) is 0 Å². The number of phenolic OH excluding ortho intramolecular Hbond substituents is 1. The molecule has 8 nitrogen and oxygen atoms in total. The van der Waals surface area contributed by atoms with Crippen LogP contribution in [-0.2, 0) is 16.0 Å². The summed E-state index contributed by atoms with van der Waals surface area (Å²) in [6.07, 6.45) is -0.108. The van der Waals surface area contributed by atoms with Gasteiger partial charge in [-0.1, -0.05) is 0 Å². The summed E-state index contributed by atoms with van der Waals surface area (Å²) in [7, 11) is 0. The minimum absolute atomic E-state index is 0.0130. The van der Waals surface area contributed by atoms with E-state index < -0.39 is 5.63 Å². The maximum Gasteiger partial charge on any atom is 0.340 e. The number of fused-ring (bicyclic) bond motifs is 1. The normalized spacial score (nSPS) is 14.4. The fraction of sp³-hybridized carbons (Fsp3) is 0.333. The molecule has 1 aliphatic heterocycles. The van der Waals surface area contributed by atoms with Crippen LogP contribution in [0.25, 0.3) is 11.0 Å². The van der Waals surface area contributed by atoms with Gasteiger partial charge in [-0.2, -0.15) is 0 Å². The molecule has 4 rings (SSSR count). The summed E-state index contributed by atoms with van der Waals surface area (Å²) >= 11 is 0. The first kappa shape index (κ1) is 21.9. The molecule has 1 aromatic heterocycles. The molecule has 0 aliphatic carbocycles. The van der Waals surface area contributed by atoms with Gasteiger partial charge in [-0.3, -0.25) is 9.69 Å². The summed E-state index contributed by atoms with van der Waals surface area (Å²) in [6.45, 7) is 6.56. The van der Waals surface area contributed by atoms with Gasteiger partial charge in [-0.05, 0) is 48.9 Å². The number of nitrogens with zero attached hydrogens (tertiary/aromatic N) is 1. The van der Waals surface area contributed by atoms with Crippen molar-refractivity contribution in [3.05, 3.63) is 64.0 Å². The second kappa shape index (κ2) is 9.84. The maximum absolute atomic E-state index is 12.5. The molecule has 2 N–H and O–H groups in total. The monoisotopic (exact) mass is 438 g/mol. The standard InChI is InChI=1S/C24H26N2O6/c1-16-20-7-4-18(27)14-22(20)32-24(29)21(16)15-23(28)25-17-2-5-19(6-3-17)31-13-10-26-8-11-30-12-9-26/h2-7,14,27H,8-13,15H2,1H3,(H,25,28). The van der Waals surface area contributed by atoms with E-state index in [0.29, 0.717) is 34.4 Å². The number of rotatable bonds is 7. The summed E-state index contributed by atoms with van der Waals surface area (Å²) < 4.78 is 16.4. The Morgan fingerprint density at radius 1 is 1.16 bits per heavy atom. The maximum atomic E-state index is 12.5. The zero-order chi connectivity index (χ0) is 22.5. The topological polar surface area (TPSA) is 101 Å². The van der Waals surface area contributed by atoms with Crippen LogP contribution in [0, 0.1) is 6.92 Å². The average molecular weight is 438 g/mol.